The zero-order chi connectivity index (χ0) is 12.3. The minimum Gasteiger partial charge on any atom is -0.374 e. The van der Waals surface area contributed by atoms with Gasteiger partial charge < -0.3 is 10.1 Å². The predicted molar refractivity (Wildman–Crippen MR) is 73.4 cm³/mol. The van der Waals surface area contributed by atoms with Crippen LogP contribution in [0.5, 0.6) is 0 Å². The van der Waals surface area contributed by atoms with Crippen molar-refractivity contribution < 1.29 is 4.74 Å². The largest absolute Gasteiger partial charge is 0.374 e. The van der Waals surface area contributed by atoms with Crippen LogP contribution >= 0.6 is 0 Å². The number of nitrogens with one attached hydrogen (secondary N) is 1. The first kappa shape index (κ1) is 14.7. The van der Waals surface area contributed by atoms with Gasteiger partial charge in [0.15, 0.2) is 0 Å². The zero-order valence-electron chi connectivity index (χ0n) is 11.3. The lowest BCUT2D eigenvalue weighted by Gasteiger charge is -2.32. The first-order valence-corrected chi connectivity index (χ1v) is 7.02. The van der Waals surface area contributed by atoms with Gasteiger partial charge in [0.1, 0.15) is 0 Å². The van der Waals surface area contributed by atoms with Crippen LogP contribution in [0.25, 0.3) is 0 Å². The number of hydrogen-bond donors (Lipinski definition) is 1. The molecule has 17 heavy (non-hydrogen) atoms. The fourth-order valence-corrected chi connectivity index (χ4v) is 2.17. The maximum absolute atomic E-state index is 5.74. The maximum atomic E-state index is 5.74. The number of ether oxygens (including phenoxy) is 1. The molecule has 1 unspecified atom stereocenters. The van der Waals surface area contributed by atoms with Gasteiger partial charge in [0.25, 0.3) is 0 Å². The van der Waals surface area contributed by atoms with E-state index in [-0.39, 0.29) is 0 Å². The topological polar surface area (TPSA) is 24.5 Å². The van der Waals surface area contributed by atoms with Crippen LogP contribution in [0.2, 0.25) is 0 Å². The van der Waals surface area contributed by atoms with Crippen LogP contribution in [0.15, 0.2) is 12.7 Å². The molecule has 0 saturated carbocycles. The second-order valence-corrected chi connectivity index (χ2v) is 4.73. The predicted octanol–water partition coefficient (Wildman–Crippen LogP) is 2.04. The van der Waals surface area contributed by atoms with Gasteiger partial charge in [-0.15, -0.1) is 6.58 Å². The highest BCUT2D eigenvalue weighted by molar-refractivity contribution is 4.72. The van der Waals surface area contributed by atoms with Crippen LogP contribution in [-0.2, 0) is 4.74 Å². The van der Waals surface area contributed by atoms with Gasteiger partial charge in [-0.2, -0.15) is 0 Å². The first-order valence-electron chi connectivity index (χ1n) is 7.02. The summed E-state index contributed by atoms with van der Waals surface area (Å²) in [5.74, 6) is 0. The molecular formula is C14H28N2O. The van der Waals surface area contributed by atoms with Crippen molar-refractivity contribution in [1.82, 2.24) is 10.2 Å². The zero-order valence-corrected chi connectivity index (χ0v) is 11.3. The van der Waals surface area contributed by atoms with Crippen molar-refractivity contribution in [2.24, 2.45) is 0 Å². The Bertz CT molecular complexity index is 197. The van der Waals surface area contributed by atoms with E-state index < -0.39 is 0 Å². The molecule has 0 spiro atoms. The second-order valence-electron chi connectivity index (χ2n) is 4.73. The summed E-state index contributed by atoms with van der Waals surface area (Å²) in [5, 5.41) is 3.50. The molecule has 0 amide bonds. The van der Waals surface area contributed by atoms with Gasteiger partial charge in [-0.25, -0.2) is 0 Å². The Labute approximate surface area is 106 Å². The molecule has 0 aliphatic carbocycles. The molecule has 1 rings (SSSR count). The average Bonchev–Trinajstić information content (AvgIpc) is 2.38. The fourth-order valence-electron chi connectivity index (χ4n) is 2.17. The van der Waals surface area contributed by atoms with E-state index in [1.807, 2.05) is 6.08 Å². The van der Waals surface area contributed by atoms with Gasteiger partial charge >= 0.3 is 0 Å². The van der Waals surface area contributed by atoms with Crippen molar-refractivity contribution in [1.29, 1.82) is 0 Å². The van der Waals surface area contributed by atoms with Gasteiger partial charge in [-0.1, -0.05) is 19.4 Å². The molecule has 1 heterocycles. The van der Waals surface area contributed by atoms with E-state index in [0.717, 1.165) is 45.8 Å². The lowest BCUT2D eigenvalue weighted by Crippen LogP contribution is -2.46. The summed E-state index contributed by atoms with van der Waals surface area (Å²) < 4.78 is 5.74. The van der Waals surface area contributed by atoms with E-state index in [2.05, 4.69) is 23.7 Å². The molecule has 1 aliphatic heterocycles. The third-order valence-electron chi connectivity index (χ3n) is 3.30. The van der Waals surface area contributed by atoms with Crippen molar-refractivity contribution in [3.63, 3.8) is 0 Å². The summed E-state index contributed by atoms with van der Waals surface area (Å²) in [5.41, 5.74) is 0. The van der Waals surface area contributed by atoms with Crippen LogP contribution < -0.4 is 5.32 Å². The van der Waals surface area contributed by atoms with E-state index in [9.17, 15) is 0 Å². The number of unbranched alkanes of at least 4 members (excludes halogenated alkanes) is 3. The van der Waals surface area contributed by atoms with Crippen molar-refractivity contribution in [2.45, 2.75) is 38.7 Å². The van der Waals surface area contributed by atoms with Gasteiger partial charge in [0.05, 0.1) is 12.7 Å². The molecule has 0 aromatic heterocycles. The lowest BCUT2D eigenvalue weighted by molar-refractivity contribution is -0.0251. The van der Waals surface area contributed by atoms with Gasteiger partial charge in [-0.05, 0) is 32.4 Å². The highest BCUT2D eigenvalue weighted by Gasteiger charge is 2.18. The number of allylic oxidation sites excluding steroid dienone is 1. The highest BCUT2D eigenvalue weighted by Crippen LogP contribution is 2.04. The number of likely N-dealkylation sites (N-methyl/N-ethyl adjacent to an activating group) is 1. The summed E-state index contributed by atoms with van der Waals surface area (Å²) >= 11 is 0. The van der Waals surface area contributed by atoms with Gasteiger partial charge in [-0.3, -0.25) is 4.90 Å². The second kappa shape index (κ2) is 9.63. The van der Waals surface area contributed by atoms with Crippen molar-refractivity contribution in [2.75, 3.05) is 39.3 Å². The molecular weight excluding hydrogens is 212 g/mol. The Balaban J connectivity index is 1.93. The van der Waals surface area contributed by atoms with Crippen LogP contribution in [0, 0.1) is 0 Å². The molecule has 1 saturated heterocycles. The molecule has 0 bridgehead atoms. The lowest BCUT2D eigenvalue weighted by atomic mass is 10.2. The van der Waals surface area contributed by atoms with Crippen LogP contribution in [-0.4, -0.2) is 50.3 Å². The minimum absolute atomic E-state index is 0.386. The Morgan fingerprint density at radius 3 is 3.06 bits per heavy atom. The highest BCUT2D eigenvalue weighted by atomic mass is 16.5. The third-order valence-corrected chi connectivity index (χ3v) is 3.30. The van der Waals surface area contributed by atoms with Gasteiger partial charge in [0, 0.05) is 19.6 Å². The van der Waals surface area contributed by atoms with Crippen LogP contribution in [0.3, 0.4) is 0 Å². The minimum atomic E-state index is 0.386. The Morgan fingerprint density at radius 1 is 1.41 bits per heavy atom. The number of hydrogen-bond acceptors (Lipinski definition) is 3. The summed E-state index contributed by atoms with van der Waals surface area (Å²) in [7, 11) is 0. The van der Waals surface area contributed by atoms with Crippen molar-refractivity contribution >= 4 is 0 Å². The SMILES string of the molecule is C=CCCCCCNCC1CN(CC)CCO1. The third kappa shape index (κ3) is 6.81. The molecule has 1 aliphatic rings. The Morgan fingerprint density at radius 2 is 2.29 bits per heavy atom. The van der Waals surface area contributed by atoms with E-state index in [1.54, 1.807) is 0 Å². The molecule has 3 heteroatoms. The van der Waals surface area contributed by atoms with E-state index in [0.29, 0.717) is 6.10 Å². The normalized spacial score (nSPS) is 21.6. The van der Waals surface area contributed by atoms with Crippen LogP contribution in [0.1, 0.15) is 32.6 Å². The molecule has 0 aromatic carbocycles. The molecule has 100 valence electrons. The summed E-state index contributed by atoms with van der Waals surface area (Å²) in [6, 6.07) is 0. The Hall–Kier alpha value is -0.380. The number of rotatable bonds is 9. The molecule has 1 atom stereocenters. The van der Waals surface area contributed by atoms with E-state index in [1.165, 1.54) is 19.3 Å². The summed E-state index contributed by atoms with van der Waals surface area (Å²) in [6.45, 7) is 12.3. The standard InChI is InChI=1S/C14H28N2O/c1-3-5-6-7-8-9-15-12-14-13-16(4-2)10-11-17-14/h3,14-15H,1,4-13H2,2H3. The fraction of sp³-hybridized carbons (Fsp3) is 0.857. The van der Waals surface area contributed by atoms with Crippen LogP contribution in [0.4, 0.5) is 0 Å². The van der Waals surface area contributed by atoms with Crippen molar-refractivity contribution in [3.8, 4) is 0 Å². The van der Waals surface area contributed by atoms with Crippen molar-refractivity contribution in [3.05, 3.63) is 12.7 Å². The number of nitrogens with zero attached hydrogens (tertiary/aromatic N) is 1. The molecule has 0 aromatic rings. The molecule has 0 radical (unpaired) electrons. The summed E-state index contributed by atoms with van der Waals surface area (Å²) in [6.07, 6.45) is 7.37. The monoisotopic (exact) mass is 240 g/mol. The maximum Gasteiger partial charge on any atom is 0.0826 e. The number of morpholine rings is 1. The van der Waals surface area contributed by atoms with Gasteiger partial charge in [0.2, 0.25) is 0 Å². The Kier molecular flexibility index (Phi) is 8.32. The smallest absolute Gasteiger partial charge is 0.0826 e. The first-order chi connectivity index (χ1) is 8.36. The van der Waals surface area contributed by atoms with E-state index >= 15 is 0 Å². The molecule has 1 N–H and O–H groups in total. The quantitative estimate of drug-likeness (QED) is 0.493. The summed E-state index contributed by atoms with van der Waals surface area (Å²) in [4.78, 5) is 2.46. The molecule has 1 fully saturated rings. The van der Waals surface area contributed by atoms with E-state index in [4.69, 9.17) is 4.74 Å². The average molecular weight is 240 g/mol. The molecule has 3 nitrogen and oxygen atoms in total.